The molecule has 1 aromatic carbocycles. The minimum absolute atomic E-state index is 0.315. The number of aliphatic hydroxyl groups is 1. The quantitative estimate of drug-likeness (QED) is 0.634. The minimum Gasteiger partial charge on any atom is -0.480 e. The van der Waals surface area contributed by atoms with Crippen molar-refractivity contribution in [3.05, 3.63) is 35.9 Å². The summed E-state index contributed by atoms with van der Waals surface area (Å²) in [4.78, 5) is 24.8. The Morgan fingerprint density at radius 3 is 2.69 bits per heavy atom. The molecule has 1 heterocycles. The highest BCUT2D eigenvalue weighted by molar-refractivity contribution is 7.39. The fourth-order valence-electron chi connectivity index (χ4n) is 3.09. The van der Waals surface area contributed by atoms with E-state index >= 15 is 0 Å². The lowest BCUT2D eigenvalue weighted by Gasteiger charge is -2.25. The SMILES string of the molecule is CC(O[PH](=O)C(O)CCCc1ccccc1)C(=O)N1CCC[C@H]1C(=O)O. The fraction of sp³-hybridized carbons (Fsp3) is 0.556. The van der Waals surface area contributed by atoms with E-state index in [1.165, 1.54) is 11.8 Å². The van der Waals surface area contributed by atoms with Gasteiger partial charge in [-0.25, -0.2) is 4.79 Å². The number of amides is 1. The zero-order valence-electron chi connectivity index (χ0n) is 14.8. The summed E-state index contributed by atoms with van der Waals surface area (Å²) in [6.07, 6.45) is 1.72. The van der Waals surface area contributed by atoms with Gasteiger partial charge in [0.1, 0.15) is 18.0 Å². The average Bonchev–Trinajstić information content (AvgIpc) is 3.11. The fourth-order valence-corrected chi connectivity index (χ4v) is 4.13. The zero-order valence-corrected chi connectivity index (χ0v) is 15.8. The number of nitrogens with zero attached hydrogens (tertiary/aromatic N) is 1. The molecule has 4 atom stereocenters. The molecule has 3 unspecified atom stereocenters. The first-order chi connectivity index (χ1) is 12.4. The van der Waals surface area contributed by atoms with E-state index in [0.29, 0.717) is 32.2 Å². The largest absolute Gasteiger partial charge is 0.480 e. The highest BCUT2D eigenvalue weighted by Gasteiger charge is 2.36. The lowest BCUT2D eigenvalue weighted by atomic mass is 10.1. The number of aryl methyl sites for hydroxylation is 1. The molecule has 0 saturated carbocycles. The van der Waals surface area contributed by atoms with Gasteiger partial charge in [0.15, 0.2) is 0 Å². The summed E-state index contributed by atoms with van der Waals surface area (Å²) in [5.41, 5.74) is 1.14. The molecule has 1 fully saturated rings. The molecule has 0 spiro atoms. The third kappa shape index (κ3) is 5.66. The molecule has 7 nitrogen and oxygen atoms in total. The van der Waals surface area contributed by atoms with Gasteiger partial charge in [0.25, 0.3) is 5.91 Å². The van der Waals surface area contributed by atoms with Crippen molar-refractivity contribution < 1.29 is 28.9 Å². The van der Waals surface area contributed by atoms with Crippen LogP contribution in [0.1, 0.15) is 38.2 Å². The Balaban J connectivity index is 1.78. The van der Waals surface area contributed by atoms with Crippen LogP contribution in [0.25, 0.3) is 0 Å². The van der Waals surface area contributed by atoms with Gasteiger partial charge in [0, 0.05) is 6.54 Å². The Bertz CT molecular complexity index is 638. The summed E-state index contributed by atoms with van der Waals surface area (Å²) < 4.78 is 17.4. The normalized spacial score (nSPS) is 20.5. The maximum absolute atomic E-state index is 12.4. The maximum atomic E-state index is 12.4. The molecule has 1 amide bonds. The van der Waals surface area contributed by atoms with Crippen molar-refractivity contribution >= 4 is 19.9 Å². The van der Waals surface area contributed by atoms with Crippen molar-refractivity contribution in [1.29, 1.82) is 0 Å². The number of hydrogen-bond donors (Lipinski definition) is 2. The molecule has 1 aromatic rings. The van der Waals surface area contributed by atoms with Gasteiger partial charge in [0.2, 0.25) is 8.03 Å². The smallest absolute Gasteiger partial charge is 0.326 e. The molecule has 1 aliphatic heterocycles. The molecule has 0 bridgehead atoms. The van der Waals surface area contributed by atoms with Crippen LogP contribution in [0, 0.1) is 0 Å². The number of carboxylic acids is 1. The summed E-state index contributed by atoms with van der Waals surface area (Å²) in [5, 5.41) is 19.2. The predicted molar refractivity (Wildman–Crippen MR) is 97.3 cm³/mol. The second-order valence-electron chi connectivity index (χ2n) is 6.50. The summed E-state index contributed by atoms with van der Waals surface area (Å²) in [6, 6.07) is 8.93. The molecule has 2 N–H and O–H groups in total. The molecule has 8 heteroatoms. The van der Waals surface area contributed by atoms with E-state index in [1.54, 1.807) is 0 Å². The molecule has 26 heavy (non-hydrogen) atoms. The number of carbonyl (C=O) groups excluding carboxylic acids is 1. The van der Waals surface area contributed by atoms with E-state index in [1.807, 2.05) is 30.3 Å². The van der Waals surface area contributed by atoms with E-state index < -0.39 is 37.9 Å². The van der Waals surface area contributed by atoms with Crippen LogP contribution >= 0.6 is 8.03 Å². The number of aliphatic hydroxyl groups excluding tert-OH is 1. The van der Waals surface area contributed by atoms with Crippen molar-refractivity contribution in [3.8, 4) is 0 Å². The summed E-state index contributed by atoms with van der Waals surface area (Å²) >= 11 is 0. The van der Waals surface area contributed by atoms with Crippen molar-refractivity contribution in [2.24, 2.45) is 0 Å². The van der Waals surface area contributed by atoms with Gasteiger partial charge in [0.05, 0.1) is 0 Å². The van der Waals surface area contributed by atoms with Crippen molar-refractivity contribution in [3.63, 3.8) is 0 Å². The van der Waals surface area contributed by atoms with Crippen LogP contribution in [0.15, 0.2) is 30.3 Å². The van der Waals surface area contributed by atoms with Gasteiger partial charge < -0.3 is 19.6 Å². The Hall–Kier alpha value is -1.69. The van der Waals surface area contributed by atoms with Gasteiger partial charge in [-0.3, -0.25) is 9.36 Å². The molecule has 1 saturated heterocycles. The topological polar surface area (TPSA) is 104 Å². The summed E-state index contributed by atoms with van der Waals surface area (Å²) in [7, 11) is -2.82. The number of benzene rings is 1. The molecule has 1 aliphatic rings. The molecular weight excluding hydrogens is 357 g/mol. The second-order valence-corrected chi connectivity index (χ2v) is 8.04. The third-order valence-electron chi connectivity index (χ3n) is 4.52. The molecule has 2 rings (SSSR count). The van der Waals surface area contributed by atoms with Crippen LogP contribution in [-0.2, 0) is 25.1 Å². The molecule has 0 aromatic heterocycles. The molecule has 0 aliphatic carbocycles. The monoisotopic (exact) mass is 383 g/mol. The van der Waals surface area contributed by atoms with E-state index in [-0.39, 0.29) is 0 Å². The van der Waals surface area contributed by atoms with Crippen molar-refractivity contribution in [1.82, 2.24) is 4.90 Å². The van der Waals surface area contributed by atoms with Gasteiger partial charge in [-0.2, -0.15) is 0 Å². The van der Waals surface area contributed by atoms with Gasteiger partial charge in [-0.05, 0) is 44.6 Å². The van der Waals surface area contributed by atoms with E-state index in [2.05, 4.69) is 0 Å². The van der Waals surface area contributed by atoms with E-state index in [0.717, 1.165) is 12.0 Å². The van der Waals surface area contributed by atoms with Crippen LogP contribution in [0.2, 0.25) is 0 Å². The summed E-state index contributed by atoms with van der Waals surface area (Å²) in [6.45, 7) is 1.79. The summed E-state index contributed by atoms with van der Waals surface area (Å²) in [5.74, 6) is -2.66. The number of carboxylic acid groups (broad SMARTS) is 1. The molecule has 0 radical (unpaired) electrons. The lowest BCUT2D eigenvalue weighted by Crippen LogP contribution is -2.45. The van der Waals surface area contributed by atoms with E-state index in [4.69, 9.17) is 9.63 Å². The average molecular weight is 383 g/mol. The zero-order chi connectivity index (χ0) is 19.1. The van der Waals surface area contributed by atoms with Gasteiger partial charge >= 0.3 is 5.97 Å². The Labute approximate surface area is 153 Å². The van der Waals surface area contributed by atoms with Crippen LogP contribution in [0.4, 0.5) is 0 Å². The Morgan fingerprint density at radius 1 is 1.35 bits per heavy atom. The van der Waals surface area contributed by atoms with Crippen LogP contribution in [0.5, 0.6) is 0 Å². The third-order valence-corrected chi connectivity index (χ3v) is 5.94. The predicted octanol–water partition coefficient (Wildman–Crippen LogP) is 2.28. The van der Waals surface area contributed by atoms with Gasteiger partial charge in [-0.1, -0.05) is 30.3 Å². The standard InChI is InChI=1S/C18H26NO6P/c1-13(17(21)19-12-6-10-15(19)18(22)23)25-26(24)16(20)11-5-9-14-7-3-2-4-8-14/h2-4,7-8,13,15-16,20,26H,5-6,9-12H2,1H3,(H,22,23)/t13?,15-,16?/m0/s1. The minimum atomic E-state index is -2.82. The van der Waals surface area contributed by atoms with Crippen molar-refractivity contribution in [2.45, 2.75) is 57.0 Å². The number of hydrogen-bond acceptors (Lipinski definition) is 5. The van der Waals surface area contributed by atoms with Crippen LogP contribution < -0.4 is 0 Å². The number of rotatable bonds is 9. The van der Waals surface area contributed by atoms with Crippen molar-refractivity contribution in [2.75, 3.05) is 6.54 Å². The first-order valence-corrected chi connectivity index (χ1v) is 10.2. The maximum Gasteiger partial charge on any atom is 0.326 e. The highest BCUT2D eigenvalue weighted by Crippen LogP contribution is 2.33. The Morgan fingerprint density at radius 2 is 2.04 bits per heavy atom. The highest BCUT2D eigenvalue weighted by atomic mass is 31.1. The second kappa shape index (κ2) is 9.86. The number of carbonyl (C=O) groups is 2. The number of aliphatic carboxylic acids is 1. The first-order valence-electron chi connectivity index (χ1n) is 8.86. The van der Waals surface area contributed by atoms with Crippen LogP contribution in [0.3, 0.4) is 0 Å². The first kappa shape index (κ1) is 20.6. The molecule has 144 valence electrons. The lowest BCUT2D eigenvalue weighted by molar-refractivity contribution is -0.150. The number of likely N-dealkylation sites (tertiary alicyclic amines) is 1. The van der Waals surface area contributed by atoms with Gasteiger partial charge in [-0.15, -0.1) is 0 Å². The van der Waals surface area contributed by atoms with Crippen LogP contribution in [-0.4, -0.2) is 51.5 Å². The molecular formula is C18H26NO6P. The Kier molecular flexibility index (Phi) is 7.82. The van der Waals surface area contributed by atoms with E-state index in [9.17, 15) is 19.3 Å².